The molecular weight excluding hydrogens is 402 g/mol. The third kappa shape index (κ3) is 6.53. The van der Waals surface area contributed by atoms with E-state index in [0.717, 1.165) is 63.2 Å². The van der Waals surface area contributed by atoms with Crippen molar-refractivity contribution in [1.82, 2.24) is 9.88 Å². The lowest BCUT2D eigenvalue weighted by Crippen LogP contribution is -2.38. The molecule has 1 aromatic carbocycles. The number of carboxylic acids is 1. The van der Waals surface area contributed by atoms with Crippen LogP contribution in [0.3, 0.4) is 0 Å². The number of aromatic nitrogens is 1. The first-order valence-electron chi connectivity index (χ1n) is 12.0. The zero-order valence-electron chi connectivity index (χ0n) is 18.8. The second-order valence-electron chi connectivity index (χ2n) is 9.08. The van der Waals surface area contributed by atoms with Gasteiger partial charge in [-0.25, -0.2) is 4.98 Å². The maximum atomic E-state index is 11.3. The number of aliphatic carboxylic acids is 1. The Balaban J connectivity index is 1.23. The van der Waals surface area contributed by atoms with Gasteiger partial charge in [-0.15, -0.1) is 0 Å². The molecule has 2 aromatic rings. The average Bonchev–Trinajstić information content (AvgIpc) is 2.82. The fraction of sp³-hybridized carbons (Fsp3) is 0.538. The number of pyridine rings is 1. The number of carboxylic acid groups (broad SMARTS) is 1. The van der Waals surface area contributed by atoms with E-state index in [1.165, 1.54) is 24.1 Å². The third-order valence-electron chi connectivity index (χ3n) is 6.53. The number of ether oxygens (including phenoxy) is 1. The Bertz CT molecular complexity index is 874. The number of rotatable bonds is 10. The Morgan fingerprint density at radius 1 is 1.22 bits per heavy atom. The molecule has 1 fully saturated rings. The Hall–Kier alpha value is -2.44. The van der Waals surface area contributed by atoms with Crippen molar-refractivity contribution in [2.75, 3.05) is 38.1 Å². The quantitative estimate of drug-likeness (QED) is 0.577. The van der Waals surface area contributed by atoms with E-state index in [2.05, 4.69) is 22.3 Å². The van der Waals surface area contributed by atoms with E-state index in [1.54, 1.807) is 0 Å². The molecule has 0 spiro atoms. The normalized spacial score (nSPS) is 19.7. The number of aryl methyl sites for hydroxylation is 2. The van der Waals surface area contributed by atoms with Crippen molar-refractivity contribution in [3.8, 4) is 0 Å². The SMILES string of the molecule is O=C(O)CC(OCC1CCCN(CCCc2ccc3c(n2)NCCC3)C1)c1ccccc1. The van der Waals surface area contributed by atoms with Crippen molar-refractivity contribution < 1.29 is 14.6 Å². The van der Waals surface area contributed by atoms with Crippen molar-refractivity contribution in [3.05, 3.63) is 59.3 Å². The van der Waals surface area contributed by atoms with Gasteiger partial charge in [0, 0.05) is 18.8 Å². The van der Waals surface area contributed by atoms with E-state index in [0.29, 0.717) is 12.5 Å². The molecule has 2 aliphatic rings. The van der Waals surface area contributed by atoms with E-state index >= 15 is 0 Å². The van der Waals surface area contributed by atoms with Crippen LogP contribution in [0.5, 0.6) is 0 Å². The number of nitrogens with one attached hydrogen (secondary N) is 1. The lowest BCUT2D eigenvalue weighted by Gasteiger charge is -2.33. The summed E-state index contributed by atoms with van der Waals surface area (Å²) in [4.78, 5) is 18.6. The van der Waals surface area contributed by atoms with E-state index < -0.39 is 5.97 Å². The molecule has 3 heterocycles. The van der Waals surface area contributed by atoms with Gasteiger partial charge in [0.1, 0.15) is 5.82 Å². The van der Waals surface area contributed by atoms with E-state index in [1.807, 2.05) is 30.3 Å². The number of benzene rings is 1. The standard InChI is InChI=1S/C26H35N3O3/c30-25(31)17-24(21-8-2-1-3-9-21)32-19-20-7-5-15-29(18-20)16-6-11-23-13-12-22-10-4-14-27-26(22)28-23/h1-3,8-9,12-13,20,24H,4-7,10-11,14-19H2,(H,27,28)(H,30,31). The van der Waals surface area contributed by atoms with Crippen LogP contribution in [0.2, 0.25) is 0 Å². The highest BCUT2D eigenvalue weighted by Crippen LogP contribution is 2.25. The molecule has 2 atom stereocenters. The first kappa shape index (κ1) is 22.7. The minimum absolute atomic E-state index is 0.00306. The van der Waals surface area contributed by atoms with Crippen LogP contribution in [-0.2, 0) is 22.4 Å². The van der Waals surface area contributed by atoms with Crippen LogP contribution in [0.15, 0.2) is 42.5 Å². The smallest absolute Gasteiger partial charge is 0.306 e. The molecule has 0 radical (unpaired) electrons. The largest absolute Gasteiger partial charge is 0.481 e. The molecule has 0 bridgehead atoms. The van der Waals surface area contributed by atoms with Crippen LogP contribution < -0.4 is 5.32 Å². The third-order valence-corrected chi connectivity index (χ3v) is 6.53. The zero-order valence-corrected chi connectivity index (χ0v) is 18.8. The number of piperidine rings is 1. The highest BCUT2D eigenvalue weighted by atomic mass is 16.5. The van der Waals surface area contributed by atoms with Gasteiger partial charge in [0.15, 0.2) is 0 Å². The second-order valence-corrected chi connectivity index (χ2v) is 9.08. The van der Waals surface area contributed by atoms with Gasteiger partial charge in [-0.05, 0) is 74.7 Å². The van der Waals surface area contributed by atoms with Crippen LogP contribution in [0.25, 0.3) is 0 Å². The summed E-state index contributed by atoms with van der Waals surface area (Å²) in [5, 5.41) is 12.7. The molecule has 172 valence electrons. The second kappa shape index (κ2) is 11.4. The fourth-order valence-electron chi connectivity index (χ4n) is 4.83. The molecule has 2 N–H and O–H groups in total. The van der Waals surface area contributed by atoms with Gasteiger partial charge in [-0.2, -0.15) is 0 Å². The molecule has 6 nitrogen and oxygen atoms in total. The van der Waals surface area contributed by atoms with Crippen LogP contribution in [0.4, 0.5) is 5.82 Å². The number of anilines is 1. The van der Waals surface area contributed by atoms with E-state index in [9.17, 15) is 9.90 Å². The minimum atomic E-state index is -0.824. The highest BCUT2D eigenvalue weighted by Gasteiger charge is 2.23. The van der Waals surface area contributed by atoms with Gasteiger partial charge in [0.25, 0.3) is 0 Å². The van der Waals surface area contributed by atoms with Gasteiger partial charge < -0.3 is 20.1 Å². The topological polar surface area (TPSA) is 74.7 Å². The Morgan fingerprint density at radius 2 is 2.09 bits per heavy atom. The summed E-state index contributed by atoms with van der Waals surface area (Å²) in [6.07, 6.45) is 6.36. The summed E-state index contributed by atoms with van der Waals surface area (Å²) in [6.45, 7) is 4.86. The molecular formula is C26H35N3O3. The van der Waals surface area contributed by atoms with E-state index in [4.69, 9.17) is 9.72 Å². The number of carbonyl (C=O) groups is 1. The number of nitrogens with zero attached hydrogens (tertiary/aromatic N) is 2. The predicted molar refractivity (Wildman–Crippen MR) is 126 cm³/mol. The van der Waals surface area contributed by atoms with Crippen LogP contribution >= 0.6 is 0 Å². The van der Waals surface area contributed by atoms with Crippen molar-refractivity contribution in [2.45, 2.75) is 51.0 Å². The summed E-state index contributed by atoms with van der Waals surface area (Å²) in [5.41, 5.74) is 3.46. The molecule has 4 rings (SSSR count). The number of hydrogen-bond acceptors (Lipinski definition) is 5. The van der Waals surface area contributed by atoms with Crippen LogP contribution in [0, 0.1) is 5.92 Å². The van der Waals surface area contributed by atoms with Gasteiger partial charge in [-0.3, -0.25) is 4.79 Å². The summed E-state index contributed by atoms with van der Waals surface area (Å²) in [7, 11) is 0. The summed E-state index contributed by atoms with van der Waals surface area (Å²) in [6, 6.07) is 14.1. The minimum Gasteiger partial charge on any atom is -0.481 e. The summed E-state index contributed by atoms with van der Waals surface area (Å²) >= 11 is 0. The van der Waals surface area contributed by atoms with Gasteiger partial charge in [0.05, 0.1) is 19.1 Å². The Labute approximate surface area is 191 Å². The molecule has 1 aromatic heterocycles. The van der Waals surface area contributed by atoms with Crippen molar-refractivity contribution >= 4 is 11.8 Å². The van der Waals surface area contributed by atoms with Gasteiger partial charge in [0.2, 0.25) is 0 Å². The summed E-state index contributed by atoms with van der Waals surface area (Å²) in [5.74, 6) is 0.711. The van der Waals surface area contributed by atoms with E-state index in [-0.39, 0.29) is 12.5 Å². The molecule has 0 saturated carbocycles. The van der Waals surface area contributed by atoms with Gasteiger partial charge in [-0.1, -0.05) is 36.4 Å². The molecule has 2 aliphatic heterocycles. The molecule has 1 saturated heterocycles. The lowest BCUT2D eigenvalue weighted by atomic mass is 9.98. The maximum Gasteiger partial charge on any atom is 0.306 e. The monoisotopic (exact) mass is 437 g/mol. The number of likely N-dealkylation sites (tertiary alicyclic amines) is 1. The first-order valence-corrected chi connectivity index (χ1v) is 12.0. The lowest BCUT2D eigenvalue weighted by molar-refractivity contribution is -0.140. The number of fused-ring (bicyclic) bond motifs is 1. The fourth-order valence-corrected chi connectivity index (χ4v) is 4.83. The highest BCUT2D eigenvalue weighted by molar-refractivity contribution is 5.67. The Morgan fingerprint density at radius 3 is 2.94 bits per heavy atom. The Kier molecular flexibility index (Phi) is 8.13. The van der Waals surface area contributed by atoms with Crippen LogP contribution in [0.1, 0.15) is 55.0 Å². The average molecular weight is 438 g/mol. The van der Waals surface area contributed by atoms with Crippen molar-refractivity contribution in [2.24, 2.45) is 5.92 Å². The molecule has 0 aliphatic carbocycles. The van der Waals surface area contributed by atoms with Crippen molar-refractivity contribution in [3.63, 3.8) is 0 Å². The van der Waals surface area contributed by atoms with Gasteiger partial charge >= 0.3 is 5.97 Å². The molecule has 2 unspecified atom stereocenters. The molecule has 6 heteroatoms. The first-order chi connectivity index (χ1) is 15.7. The predicted octanol–water partition coefficient (Wildman–Crippen LogP) is 4.32. The zero-order chi connectivity index (χ0) is 22.2. The van der Waals surface area contributed by atoms with Crippen molar-refractivity contribution in [1.29, 1.82) is 0 Å². The molecule has 32 heavy (non-hydrogen) atoms. The molecule has 0 amide bonds. The maximum absolute atomic E-state index is 11.3. The number of hydrogen-bond donors (Lipinski definition) is 2. The van der Waals surface area contributed by atoms with Crippen LogP contribution in [-0.4, -0.2) is 53.7 Å². The summed E-state index contributed by atoms with van der Waals surface area (Å²) < 4.78 is 6.13.